The van der Waals surface area contributed by atoms with Gasteiger partial charge in [-0.05, 0) is 12.1 Å². The molecule has 1 rings (SSSR count). The number of aliphatic hydroxyl groups excluding tert-OH is 1. The summed E-state index contributed by atoms with van der Waals surface area (Å²) in [7, 11) is 0. The first kappa shape index (κ1) is 12.5. The fraction of sp³-hybridized carbons (Fsp3) is 0. The minimum atomic E-state index is -1.66. The Morgan fingerprint density at radius 2 is 1.81 bits per heavy atom. The van der Waals surface area contributed by atoms with Crippen molar-refractivity contribution in [2.75, 3.05) is 0 Å². The number of benzene rings is 1. The third-order valence-corrected chi connectivity index (χ3v) is 2.53. The molecule has 0 aromatic heterocycles. The monoisotopic (exact) mass is 260 g/mol. The van der Waals surface area contributed by atoms with Gasteiger partial charge >= 0.3 is 5.97 Å². The van der Waals surface area contributed by atoms with Crippen molar-refractivity contribution in [2.45, 2.75) is 0 Å². The standard InChI is InChI=1S/C10H6Cl2O4/c11-6-3-1-2-5(9(6)12)7(13)4-8(14)10(15)16/h1-4,13H,(H,15,16)/b7-4-. The fourth-order valence-electron chi connectivity index (χ4n) is 0.965. The van der Waals surface area contributed by atoms with Crippen LogP contribution < -0.4 is 0 Å². The summed E-state index contributed by atoms with van der Waals surface area (Å²) in [5.74, 6) is -3.45. The van der Waals surface area contributed by atoms with Crippen molar-refractivity contribution < 1.29 is 19.8 Å². The number of ketones is 1. The van der Waals surface area contributed by atoms with Gasteiger partial charge in [-0.2, -0.15) is 0 Å². The Bertz CT molecular complexity index is 480. The molecule has 0 amide bonds. The largest absolute Gasteiger partial charge is 0.507 e. The van der Waals surface area contributed by atoms with Crippen molar-refractivity contribution in [2.24, 2.45) is 0 Å². The van der Waals surface area contributed by atoms with Gasteiger partial charge in [0.1, 0.15) is 5.76 Å². The molecule has 0 unspecified atom stereocenters. The average Bonchev–Trinajstić information content (AvgIpc) is 2.21. The number of hydrogen-bond acceptors (Lipinski definition) is 3. The lowest BCUT2D eigenvalue weighted by molar-refractivity contribution is -0.146. The summed E-state index contributed by atoms with van der Waals surface area (Å²) in [6.07, 6.45) is 0.569. The van der Waals surface area contributed by atoms with Crippen LogP contribution in [0.2, 0.25) is 10.0 Å². The minimum absolute atomic E-state index is 0.0519. The van der Waals surface area contributed by atoms with Gasteiger partial charge in [-0.3, -0.25) is 4.79 Å². The molecule has 1 aromatic carbocycles. The van der Waals surface area contributed by atoms with Crippen LogP contribution >= 0.6 is 23.2 Å². The van der Waals surface area contributed by atoms with Crippen molar-refractivity contribution in [3.63, 3.8) is 0 Å². The van der Waals surface area contributed by atoms with E-state index in [2.05, 4.69) is 0 Å². The molecule has 0 bridgehead atoms. The van der Waals surface area contributed by atoms with E-state index in [-0.39, 0.29) is 15.6 Å². The van der Waals surface area contributed by atoms with Crippen LogP contribution in [0.3, 0.4) is 0 Å². The maximum Gasteiger partial charge on any atom is 0.376 e. The highest BCUT2D eigenvalue weighted by Gasteiger charge is 2.13. The average molecular weight is 261 g/mol. The van der Waals surface area contributed by atoms with Gasteiger partial charge in [-0.15, -0.1) is 0 Å². The van der Waals surface area contributed by atoms with E-state index in [0.29, 0.717) is 6.08 Å². The Balaban J connectivity index is 3.15. The van der Waals surface area contributed by atoms with E-state index in [9.17, 15) is 14.7 Å². The molecule has 0 spiro atoms. The molecule has 84 valence electrons. The molecule has 0 aliphatic carbocycles. The lowest BCUT2D eigenvalue weighted by Crippen LogP contribution is -2.09. The van der Waals surface area contributed by atoms with Crippen molar-refractivity contribution in [3.8, 4) is 0 Å². The smallest absolute Gasteiger partial charge is 0.376 e. The third kappa shape index (κ3) is 2.74. The Hall–Kier alpha value is -1.52. The Morgan fingerprint density at radius 1 is 1.19 bits per heavy atom. The zero-order chi connectivity index (χ0) is 12.3. The predicted molar refractivity (Wildman–Crippen MR) is 59.7 cm³/mol. The molecule has 0 atom stereocenters. The maximum absolute atomic E-state index is 10.8. The van der Waals surface area contributed by atoms with Crippen LogP contribution in [-0.4, -0.2) is 22.0 Å². The summed E-state index contributed by atoms with van der Waals surface area (Å²) in [6, 6.07) is 4.42. The number of hydrogen-bond donors (Lipinski definition) is 2. The van der Waals surface area contributed by atoms with Gasteiger partial charge in [0.2, 0.25) is 0 Å². The molecule has 0 heterocycles. The van der Waals surface area contributed by atoms with Gasteiger partial charge in [-0.25, -0.2) is 4.79 Å². The van der Waals surface area contributed by atoms with Crippen LogP contribution in [0.4, 0.5) is 0 Å². The molecule has 0 aliphatic rings. The SMILES string of the molecule is O=C(O)C(=O)/C=C(\O)c1cccc(Cl)c1Cl. The van der Waals surface area contributed by atoms with E-state index < -0.39 is 17.5 Å². The van der Waals surface area contributed by atoms with Gasteiger partial charge in [0.05, 0.1) is 10.0 Å². The van der Waals surface area contributed by atoms with E-state index in [1.165, 1.54) is 18.2 Å². The van der Waals surface area contributed by atoms with Gasteiger partial charge in [-0.1, -0.05) is 29.3 Å². The van der Waals surface area contributed by atoms with Crippen LogP contribution in [0.5, 0.6) is 0 Å². The van der Waals surface area contributed by atoms with Crippen LogP contribution in [0.15, 0.2) is 24.3 Å². The topological polar surface area (TPSA) is 74.6 Å². The zero-order valence-corrected chi connectivity index (χ0v) is 9.29. The van der Waals surface area contributed by atoms with E-state index >= 15 is 0 Å². The van der Waals surface area contributed by atoms with Crippen molar-refractivity contribution >= 4 is 40.7 Å². The second-order valence-electron chi connectivity index (χ2n) is 2.80. The quantitative estimate of drug-likeness (QED) is 0.498. The number of carboxylic acid groups (broad SMARTS) is 1. The number of aliphatic carboxylic acids is 1. The Labute approximate surface area is 101 Å². The van der Waals surface area contributed by atoms with Crippen molar-refractivity contribution in [1.29, 1.82) is 0 Å². The number of aliphatic hydroxyl groups is 1. The summed E-state index contributed by atoms with van der Waals surface area (Å²) in [4.78, 5) is 21.1. The van der Waals surface area contributed by atoms with Crippen LogP contribution in [0.25, 0.3) is 5.76 Å². The molecule has 0 fully saturated rings. The lowest BCUT2D eigenvalue weighted by Gasteiger charge is -2.03. The summed E-state index contributed by atoms with van der Waals surface area (Å²) in [5, 5.41) is 18.1. The predicted octanol–water partition coefficient (Wildman–Crippen LogP) is 2.55. The summed E-state index contributed by atoms with van der Waals surface area (Å²) >= 11 is 11.4. The molecule has 0 saturated heterocycles. The van der Waals surface area contributed by atoms with Crippen LogP contribution in [0.1, 0.15) is 5.56 Å². The van der Waals surface area contributed by atoms with Crippen LogP contribution in [-0.2, 0) is 9.59 Å². The number of carboxylic acids is 1. The first-order valence-corrected chi connectivity index (χ1v) is 4.81. The summed E-state index contributed by atoms with van der Waals surface area (Å²) in [6.45, 7) is 0. The highest BCUT2D eigenvalue weighted by molar-refractivity contribution is 6.43. The molecule has 2 N–H and O–H groups in total. The highest BCUT2D eigenvalue weighted by Crippen LogP contribution is 2.29. The van der Waals surface area contributed by atoms with Crippen molar-refractivity contribution in [1.82, 2.24) is 0 Å². The minimum Gasteiger partial charge on any atom is -0.507 e. The van der Waals surface area contributed by atoms with E-state index in [4.69, 9.17) is 28.3 Å². The lowest BCUT2D eigenvalue weighted by atomic mass is 10.1. The van der Waals surface area contributed by atoms with Gasteiger partial charge in [0, 0.05) is 11.6 Å². The summed E-state index contributed by atoms with van der Waals surface area (Å²) < 4.78 is 0. The maximum atomic E-state index is 10.8. The normalized spacial score (nSPS) is 11.2. The third-order valence-electron chi connectivity index (χ3n) is 1.71. The van der Waals surface area contributed by atoms with E-state index in [1.807, 2.05) is 0 Å². The van der Waals surface area contributed by atoms with Gasteiger partial charge < -0.3 is 10.2 Å². The first-order valence-electron chi connectivity index (χ1n) is 4.05. The molecule has 4 nitrogen and oxygen atoms in total. The number of carbonyl (C=O) groups is 2. The Kier molecular flexibility index (Phi) is 3.93. The van der Waals surface area contributed by atoms with Crippen molar-refractivity contribution in [3.05, 3.63) is 39.9 Å². The molecular formula is C10H6Cl2O4. The van der Waals surface area contributed by atoms with E-state index in [1.54, 1.807) is 0 Å². The number of carbonyl (C=O) groups excluding carboxylic acids is 1. The molecule has 0 radical (unpaired) electrons. The second kappa shape index (κ2) is 5.01. The Morgan fingerprint density at radius 3 is 2.38 bits per heavy atom. The molecule has 0 saturated carbocycles. The summed E-state index contributed by atoms with van der Waals surface area (Å²) in [5.41, 5.74) is 0.101. The molecule has 0 aliphatic heterocycles. The molecule has 6 heteroatoms. The molecule has 16 heavy (non-hydrogen) atoms. The van der Waals surface area contributed by atoms with Crippen LogP contribution in [0, 0.1) is 0 Å². The fourth-order valence-corrected chi connectivity index (χ4v) is 1.36. The van der Waals surface area contributed by atoms with Gasteiger partial charge in [0.15, 0.2) is 0 Å². The number of halogens is 2. The second-order valence-corrected chi connectivity index (χ2v) is 3.59. The zero-order valence-electron chi connectivity index (χ0n) is 7.78. The molecule has 1 aromatic rings. The first-order chi connectivity index (χ1) is 7.43. The highest BCUT2D eigenvalue weighted by atomic mass is 35.5. The molecular weight excluding hydrogens is 255 g/mol. The number of rotatable bonds is 3. The van der Waals surface area contributed by atoms with E-state index in [0.717, 1.165) is 0 Å². The van der Waals surface area contributed by atoms with Gasteiger partial charge in [0.25, 0.3) is 5.78 Å².